The second kappa shape index (κ2) is 6.55. The lowest BCUT2D eigenvalue weighted by Gasteiger charge is -2.14. The van der Waals surface area contributed by atoms with Crippen molar-refractivity contribution >= 4 is 5.91 Å². The minimum Gasteiger partial charge on any atom is -0.493 e. The van der Waals surface area contributed by atoms with Crippen molar-refractivity contribution in [2.75, 3.05) is 27.8 Å². The lowest BCUT2D eigenvalue weighted by molar-refractivity contribution is -0.128. The Morgan fingerprint density at radius 1 is 1.33 bits per heavy atom. The van der Waals surface area contributed by atoms with Crippen LogP contribution in [0, 0.1) is 12.3 Å². The fraction of sp³-hybridized carbons (Fsp3) is 0.357. The smallest absolute Gasteiger partial charge is 0.227 e. The molecule has 0 saturated heterocycles. The van der Waals surface area contributed by atoms with Gasteiger partial charge in [-0.3, -0.25) is 4.79 Å². The molecule has 0 spiro atoms. The summed E-state index contributed by atoms with van der Waals surface area (Å²) in [5.74, 6) is 3.67. The fourth-order valence-electron chi connectivity index (χ4n) is 1.53. The maximum Gasteiger partial charge on any atom is 0.227 e. The van der Waals surface area contributed by atoms with Crippen molar-refractivity contribution in [1.29, 1.82) is 0 Å². The van der Waals surface area contributed by atoms with Crippen molar-refractivity contribution in [3.8, 4) is 23.8 Å². The first-order valence-electron chi connectivity index (χ1n) is 5.50. The maximum absolute atomic E-state index is 11.8. The molecule has 0 fully saturated rings. The SMILES string of the molecule is C#CCN(C)C(=O)Cc1ccc(OC)c(OC)c1. The van der Waals surface area contributed by atoms with Crippen molar-refractivity contribution in [2.45, 2.75) is 6.42 Å². The molecule has 0 aliphatic heterocycles. The van der Waals surface area contributed by atoms with Crippen LogP contribution in [0.3, 0.4) is 0 Å². The number of carbonyl (C=O) groups excluding carboxylic acids is 1. The van der Waals surface area contributed by atoms with E-state index < -0.39 is 0 Å². The van der Waals surface area contributed by atoms with E-state index in [0.29, 0.717) is 24.5 Å². The Bertz CT molecular complexity index is 463. The van der Waals surface area contributed by atoms with Gasteiger partial charge in [-0.2, -0.15) is 0 Å². The molecular formula is C14H17NO3. The molecule has 0 saturated carbocycles. The second-order valence-corrected chi connectivity index (χ2v) is 3.82. The van der Waals surface area contributed by atoms with Crippen LogP contribution in [0.4, 0.5) is 0 Å². The van der Waals surface area contributed by atoms with Crippen LogP contribution in [0.25, 0.3) is 0 Å². The van der Waals surface area contributed by atoms with E-state index in [4.69, 9.17) is 15.9 Å². The van der Waals surface area contributed by atoms with Crippen LogP contribution < -0.4 is 9.47 Å². The molecule has 0 atom stereocenters. The Labute approximate surface area is 107 Å². The summed E-state index contributed by atoms with van der Waals surface area (Å²) >= 11 is 0. The normalized spacial score (nSPS) is 9.44. The van der Waals surface area contributed by atoms with Crippen molar-refractivity contribution in [2.24, 2.45) is 0 Å². The zero-order valence-electron chi connectivity index (χ0n) is 10.9. The first-order chi connectivity index (χ1) is 8.62. The number of rotatable bonds is 5. The van der Waals surface area contributed by atoms with Gasteiger partial charge in [-0.05, 0) is 17.7 Å². The summed E-state index contributed by atoms with van der Waals surface area (Å²) in [5.41, 5.74) is 0.863. The van der Waals surface area contributed by atoms with Gasteiger partial charge in [0.15, 0.2) is 11.5 Å². The van der Waals surface area contributed by atoms with Crippen molar-refractivity contribution < 1.29 is 14.3 Å². The summed E-state index contributed by atoms with van der Waals surface area (Å²) < 4.78 is 10.3. The number of carbonyl (C=O) groups is 1. The maximum atomic E-state index is 11.8. The van der Waals surface area contributed by atoms with Crippen LogP contribution in [-0.2, 0) is 11.2 Å². The van der Waals surface area contributed by atoms with E-state index in [1.807, 2.05) is 6.07 Å². The molecule has 4 heteroatoms. The highest BCUT2D eigenvalue weighted by Gasteiger charge is 2.11. The summed E-state index contributed by atoms with van der Waals surface area (Å²) in [4.78, 5) is 13.3. The van der Waals surface area contributed by atoms with E-state index in [1.165, 1.54) is 4.90 Å². The number of terminal acetylenes is 1. The van der Waals surface area contributed by atoms with Crippen LogP contribution >= 0.6 is 0 Å². The third-order valence-electron chi connectivity index (χ3n) is 2.56. The number of ether oxygens (including phenoxy) is 2. The van der Waals surface area contributed by atoms with E-state index in [9.17, 15) is 4.79 Å². The molecule has 0 heterocycles. The van der Waals surface area contributed by atoms with Gasteiger partial charge in [0.05, 0.1) is 27.2 Å². The van der Waals surface area contributed by atoms with Crippen LogP contribution in [-0.4, -0.2) is 38.6 Å². The molecule has 0 aromatic heterocycles. The molecule has 0 N–H and O–H groups in total. The lowest BCUT2D eigenvalue weighted by Crippen LogP contribution is -2.28. The highest BCUT2D eigenvalue weighted by Crippen LogP contribution is 2.27. The molecule has 96 valence electrons. The third-order valence-corrected chi connectivity index (χ3v) is 2.56. The number of nitrogens with zero attached hydrogens (tertiary/aromatic N) is 1. The topological polar surface area (TPSA) is 38.8 Å². The fourth-order valence-corrected chi connectivity index (χ4v) is 1.53. The van der Waals surface area contributed by atoms with E-state index in [1.54, 1.807) is 33.4 Å². The van der Waals surface area contributed by atoms with Crippen molar-refractivity contribution in [1.82, 2.24) is 4.90 Å². The van der Waals surface area contributed by atoms with Gasteiger partial charge in [-0.1, -0.05) is 12.0 Å². The zero-order chi connectivity index (χ0) is 13.5. The average Bonchev–Trinajstić information content (AvgIpc) is 2.38. The highest BCUT2D eigenvalue weighted by atomic mass is 16.5. The Morgan fingerprint density at radius 3 is 2.56 bits per heavy atom. The molecule has 0 aliphatic carbocycles. The van der Waals surface area contributed by atoms with E-state index in [-0.39, 0.29) is 5.91 Å². The van der Waals surface area contributed by atoms with Crippen molar-refractivity contribution in [3.05, 3.63) is 23.8 Å². The highest BCUT2D eigenvalue weighted by molar-refractivity contribution is 5.79. The number of amides is 1. The molecule has 0 unspecified atom stereocenters. The molecule has 1 rings (SSSR count). The molecule has 1 aromatic rings. The molecule has 1 amide bonds. The Morgan fingerprint density at radius 2 is 2.00 bits per heavy atom. The van der Waals surface area contributed by atoms with Gasteiger partial charge >= 0.3 is 0 Å². The Kier molecular flexibility index (Phi) is 5.06. The monoisotopic (exact) mass is 247 g/mol. The Hall–Kier alpha value is -2.15. The predicted molar refractivity (Wildman–Crippen MR) is 69.7 cm³/mol. The van der Waals surface area contributed by atoms with Gasteiger partial charge in [0.25, 0.3) is 0 Å². The van der Waals surface area contributed by atoms with Crippen LogP contribution in [0.15, 0.2) is 18.2 Å². The summed E-state index contributed by atoms with van der Waals surface area (Å²) in [6, 6.07) is 5.41. The number of benzene rings is 1. The molecule has 0 aliphatic rings. The van der Waals surface area contributed by atoms with Gasteiger partial charge in [0.1, 0.15) is 0 Å². The zero-order valence-corrected chi connectivity index (χ0v) is 10.9. The Balaban J connectivity index is 2.80. The van der Waals surface area contributed by atoms with E-state index >= 15 is 0 Å². The number of methoxy groups -OCH3 is 2. The first kappa shape index (κ1) is 13.9. The number of hydrogen-bond donors (Lipinski definition) is 0. The van der Waals surface area contributed by atoms with E-state index in [0.717, 1.165) is 5.56 Å². The summed E-state index contributed by atoms with van der Waals surface area (Å²) in [6.07, 6.45) is 5.45. The minimum atomic E-state index is -0.0276. The van der Waals surface area contributed by atoms with E-state index in [2.05, 4.69) is 5.92 Å². The molecule has 4 nitrogen and oxygen atoms in total. The second-order valence-electron chi connectivity index (χ2n) is 3.82. The van der Waals surface area contributed by atoms with Crippen LogP contribution in [0.1, 0.15) is 5.56 Å². The number of hydrogen-bond acceptors (Lipinski definition) is 3. The van der Waals surface area contributed by atoms with Crippen LogP contribution in [0.2, 0.25) is 0 Å². The summed E-state index contributed by atoms with van der Waals surface area (Å²) in [6.45, 7) is 0.312. The van der Waals surface area contributed by atoms with Gasteiger partial charge in [-0.25, -0.2) is 0 Å². The first-order valence-corrected chi connectivity index (χ1v) is 5.50. The molecule has 0 radical (unpaired) electrons. The summed E-state index contributed by atoms with van der Waals surface area (Å²) in [7, 11) is 4.82. The minimum absolute atomic E-state index is 0.0276. The molecule has 18 heavy (non-hydrogen) atoms. The van der Waals surface area contributed by atoms with Gasteiger partial charge in [0.2, 0.25) is 5.91 Å². The van der Waals surface area contributed by atoms with Crippen molar-refractivity contribution in [3.63, 3.8) is 0 Å². The third kappa shape index (κ3) is 3.42. The lowest BCUT2D eigenvalue weighted by atomic mass is 10.1. The van der Waals surface area contributed by atoms with Gasteiger partial charge < -0.3 is 14.4 Å². The predicted octanol–water partition coefficient (Wildman–Crippen LogP) is 1.34. The van der Waals surface area contributed by atoms with Gasteiger partial charge in [0, 0.05) is 7.05 Å². The quantitative estimate of drug-likeness (QED) is 0.737. The standard InChI is InChI=1S/C14H17NO3/c1-5-8-15(2)14(16)10-11-6-7-12(17-3)13(9-11)18-4/h1,6-7,9H,8,10H2,2-4H3. The number of likely N-dealkylation sites (N-methyl/N-ethyl adjacent to an activating group) is 1. The summed E-state index contributed by atoms with van der Waals surface area (Å²) in [5, 5.41) is 0. The molecule has 1 aromatic carbocycles. The van der Waals surface area contributed by atoms with Gasteiger partial charge in [-0.15, -0.1) is 6.42 Å². The molecule has 0 bridgehead atoms. The molecular weight excluding hydrogens is 230 g/mol. The average molecular weight is 247 g/mol. The van der Waals surface area contributed by atoms with Crippen LogP contribution in [0.5, 0.6) is 11.5 Å². The largest absolute Gasteiger partial charge is 0.493 e.